The van der Waals surface area contributed by atoms with Crippen LogP contribution in [0.2, 0.25) is 0 Å². The molecule has 1 aliphatic heterocycles. The van der Waals surface area contributed by atoms with Gasteiger partial charge in [0.15, 0.2) is 0 Å². The van der Waals surface area contributed by atoms with Crippen molar-refractivity contribution < 1.29 is 4.74 Å². The number of anilines is 1. The van der Waals surface area contributed by atoms with Crippen LogP contribution in [0.15, 0.2) is 24.3 Å². The minimum Gasteiger partial charge on any atom is -0.497 e. The van der Waals surface area contributed by atoms with Gasteiger partial charge in [-0.3, -0.25) is 0 Å². The van der Waals surface area contributed by atoms with E-state index in [9.17, 15) is 0 Å². The number of nitrogens with zero attached hydrogens (tertiary/aromatic N) is 1. The SMILES string of the molecule is COc1ccc(N2CCC(NCCN)CC2)cc1. The molecule has 100 valence electrons. The van der Waals surface area contributed by atoms with E-state index in [0.717, 1.165) is 31.9 Å². The molecule has 0 bridgehead atoms. The Kier molecular flexibility index (Phi) is 4.84. The average Bonchev–Trinajstić information content (AvgIpc) is 2.46. The van der Waals surface area contributed by atoms with Crippen LogP contribution in [0.1, 0.15) is 12.8 Å². The number of ether oxygens (including phenoxy) is 1. The van der Waals surface area contributed by atoms with Crippen molar-refractivity contribution in [1.29, 1.82) is 0 Å². The lowest BCUT2D eigenvalue weighted by molar-refractivity contribution is 0.413. The molecule has 2 rings (SSSR count). The minimum atomic E-state index is 0.628. The molecule has 18 heavy (non-hydrogen) atoms. The van der Waals surface area contributed by atoms with Gasteiger partial charge in [-0.05, 0) is 37.1 Å². The van der Waals surface area contributed by atoms with Crippen molar-refractivity contribution in [2.24, 2.45) is 5.73 Å². The Labute approximate surface area is 109 Å². The summed E-state index contributed by atoms with van der Waals surface area (Å²) in [4.78, 5) is 2.43. The Morgan fingerprint density at radius 2 is 1.94 bits per heavy atom. The van der Waals surface area contributed by atoms with Gasteiger partial charge in [0, 0.05) is 37.9 Å². The molecule has 0 atom stereocenters. The van der Waals surface area contributed by atoms with E-state index in [1.54, 1.807) is 7.11 Å². The zero-order valence-electron chi connectivity index (χ0n) is 11.1. The lowest BCUT2D eigenvalue weighted by Crippen LogP contribution is -2.43. The quantitative estimate of drug-likeness (QED) is 0.823. The van der Waals surface area contributed by atoms with Crippen LogP contribution >= 0.6 is 0 Å². The van der Waals surface area contributed by atoms with Gasteiger partial charge in [0.25, 0.3) is 0 Å². The summed E-state index contributed by atoms with van der Waals surface area (Å²) in [5, 5.41) is 3.49. The van der Waals surface area contributed by atoms with Crippen LogP contribution < -0.4 is 20.7 Å². The van der Waals surface area contributed by atoms with Gasteiger partial charge in [-0.15, -0.1) is 0 Å². The van der Waals surface area contributed by atoms with Gasteiger partial charge >= 0.3 is 0 Å². The van der Waals surface area contributed by atoms with E-state index in [0.29, 0.717) is 6.04 Å². The molecule has 4 nitrogen and oxygen atoms in total. The topological polar surface area (TPSA) is 50.5 Å². The van der Waals surface area contributed by atoms with Gasteiger partial charge in [0.05, 0.1) is 7.11 Å². The summed E-state index contributed by atoms with van der Waals surface area (Å²) in [5.41, 5.74) is 6.79. The van der Waals surface area contributed by atoms with Gasteiger partial charge in [0.1, 0.15) is 5.75 Å². The molecule has 1 aliphatic rings. The first-order valence-electron chi connectivity index (χ1n) is 6.66. The molecule has 0 aliphatic carbocycles. The van der Waals surface area contributed by atoms with E-state index in [2.05, 4.69) is 22.3 Å². The molecule has 0 unspecified atom stereocenters. The van der Waals surface area contributed by atoms with Gasteiger partial charge < -0.3 is 20.7 Å². The van der Waals surface area contributed by atoms with Crippen LogP contribution in [0.3, 0.4) is 0 Å². The summed E-state index contributed by atoms with van der Waals surface area (Å²) in [7, 11) is 1.70. The third-order valence-corrected chi connectivity index (χ3v) is 3.51. The zero-order valence-corrected chi connectivity index (χ0v) is 11.1. The number of piperidine rings is 1. The fourth-order valence-corrected chi connectivity index (χ4v) is 2.42. The first-order valence-corrected chi connectivity index (χ1v) is 6.66. The van der Waals surface area contributed by atoms with Crippen molar-refractivity contribution in [3.63, 3.8) is 0 Å². The number of nitrogens with two attached hydrogens (primary N) is 1. The molecule has 0 spiro atoms. The molecular weight excluding hydrogens is 226 g/mol. The number of hydrogen-bond acceptors (Lipinski definition) is 4. The summed E-state index contributed by atoms with van der Waals surface area (Å²) in [5.74, 6) is 0.915. The molecule has 0 aromatic heterocycles. The van der Waals surface area contributed by atoms with Gasteiger partial charge in [0.2, 0.25) is 0 Å². The van der Waals surface area contributed by atoms with Crippen LogP contribution in [-0.4, -0.2) is 39.3 Å². The van der Waals surface area contributed by atoms with Crippen LogP contribution in [0.25, 0.3) is 0 Å². The molecule has 1 aromatic carbocycles. The molecule has 0 saturated carbocycles. The summed E-state index contributed by atoms with van der Waals surface area (Å²) >= 11 is 0. The van der Waals surface area contributed by atoms with Crippen molar-refractivity contribution >= 4 is 5.69 Å². The fourth-order valence-electron chi connectivity index (χ4n) is 2.42. The summed E-state index contributed by atoms with van der Waals surface area (Å²) in [6.07, 6.45) is 2.37. The predicted molar refractivity (Wildman–Crippen MR) is 75.3 cm³/mol. The Balaban J connectivity index is 1.84. The Hall–Kier alpha value is -1.26. The van der Waals surface area contributed by atoms with E-state index < -0.39 is 0 Å². The van der Waals surface area contributed by atoms with E-state index in [-0.39, 0.29) is 0 Å². The van der Waals surface area contributed by atoms with Gasteiger partial charge in [-0.25, -0.2) is 0 Å². The zero-order chi connectivity index (χ0) is 12.8. The van der Waals surface area contributed by atoms with Crippen LogP contribution in [0.4, 0.5) is 5.69 Å². The summed E-state index contributed by atoms with van der Waals surface area (Å²) in [6.45, 7) is 3.86. The average molecular weight is 249 g/mol. The second kappa shape index (κ2) is 6.61. The maximum Gasteiger partial charge on any atom is 0.119 e. The van der Waals surface area contributed by atoms with Crippen molar-refractivity contribution in [2.75, 3.05) is 38.2 Å². The summed E-state index contributed by atoms with van der Waals surface area (Å²) < 4.78 is 5.18. The van der Waals surface area contributed by atoms with Crippen LogP contribution in [-0.2, 0) is 0 Å². The third kappa shape index (κ3) is 3.37. The molecule has 3 N–H and O–H groups in total. The molecule has 1 saturated heterocycles. The molecular formula is C14H23N3O. The smallest absolute Gasteiger partial charge is 0.119 e. The highest BCUT2D eigenvalue weighted by molar-refractivity contribution is 5.49. The highest BCUT2D eigenvalue weighted by Gasteiger charge is 2.18. The second-order valence-corrected chi connectivity index (χ2v) is 4.70. The molecule has 1 heterocycles. The Morgan fingerprint density at radius 3 is 2.50 bits per heavy atom. The second-order valence-electron chi connectivity index (χ2n) is 4.70. The van der Waals surface area contributed by atoms with Crippen molar-refractivity contribution in [3.05, 3.63) is 24.3 Å². The number of methoxy groups -OCH3 is 1. The van der Waals surface area contributed by atoms with Crippen molar-refractivity contribution in [3.8, 4) is 5.75 Å². The molecule has 0 amide bonds. The lowest BCUT2D eigenvalue weighted by Gasteiger charge is -2.34. The highest BCUT2D eigenvalue weighted by atomic mass is 16.5. The number of benzene rings is 1. The standard InChI is InChI=1S/C14H23N3O/c1-18-14-4-2-13(3-5-14)17-10-6-12(7-11-17)16-9-8-15/h2-5,12,16H,6-11,15H2,1H3. The Morgan fingerprint density at radius 1 is 1.28 bits per heavy atom. The first-order chi connectivity index (χ1) is 8.83. The van der Waals surface area contributed by atoms with Crippen molar-refractivity contribution in [2.45, 2.75) is 18.9 Å². The Bertz CT molecular complexity index is 345. The van der Waals surface area contributed by atoms with E-state index in [1.165, 1.54) is 18.5 Å². The summed E-state index contributed by atoms with van der Waals surface area (Å²) in [6, 6.07) is 8.93. The normalized spacial score (nSPS) is 16.9. The molecule has 4 heteroatoms. The molecule has 0 radical (unpaired) electrons. The number of nitrogens with one attached hydrogen (secondary N) is 1. The maximum absolute atomic E-state index is 5.51. The number of rotatable bonds is 5. The molecule has 1 fully saturated rings. The monoisotopic (exact) mass is 249 g/mol. The van der Waals surface area contributed by atoms with E-state index >= 15 is 0 Å². The van der Waals surface area contributed by atoms with Gasteiger partial charge in [-0.2, -0.15) is 0 Å². The highest BCUT2D eigenvalue weighted by Crippen LogP contribution is 2.22. The van der Waals surface area contributed by atoms with Crippen LogP contribution in [0.5, 0.6) is 5.75 Å². The van der Waals surface area contributed by atoms with Crippen LogP contribution in [0, 0.1) is 0 Å². The van der Waals surface area contributed by atoms with Gasteiger partial charge in [-0.1, -0.05) is 0 Å². The largest absolute Gasteiger partial charge is 0.497 e. The number of hydrogen-bond donors (Lipinski definition) is 2. The molecule has 1 aromatic rings. The third-order valence-electron chi connectivity index (χ3n) is 3.51. The van der Waals surface area contributed by atoms with Crippen molar-refractivity contribution in [1.82, 2.24) is 5.32 Å². The minimum absolute atomic E-state index is 0.628. The maximum atomic E-state index is 5.51. The van der Waals surface area contributed by atoms with E-state index in [1.807, 2.05) is 12.1 Å². The fraction of sp³-hybridized carbons (Fsp3) is 0.571. The first kappa shape index (κ1) is 13.2. The predicted octanol–water partition coefficient (Wildman–Crippen LogP) is 1.21. The van der Waals surface area contributed by atoms with E-state index in [4.69, 9.17) is 10.5 Å². The lowest BCUT2D eigenvalue weighted by atomic mass is 10.0.